The van der Waals surface area contributed by atoms with Crippen LogP contribution in [-0.2, 0) is 7.05 Å². The molecule has 1 atom stereocenters. The minimum absolute atomic E-state index is 0.125. The van der Waals surface area contributed by atoms with E-state index in [9.17, 15) is 0 Å². The maximum atomic E-state index is 8.73. The summed E-state index contributed by atoms with van der Waals surface area (Å²) in [5.41, 5.74) is 1.92. The van der Waals surface area contributed by atoms with E-state index in [2.05, 4.69) is 16.0 Å². The lowest BCUT2D eigenvalue weighted by molar-refractivity contribution is 0.696. The smallest absolute Gasteiger partial charge is 0.156 e. The molecule has 2 rings (SSSR count). The van der Waals surface area contributed by atoms with Gasteiger partial charge in [0.05, 0.1) is 24.3 Å². The first-order chi connectivity index (χ1) is 8.15. The van der Waals surface area contributed by atoms with Crippen molar-refractivity contribution < 1.29 is 0 Å². The Hall–Kier alpha value is -2.09. The number of pyridine rings is 1. The number of imidazole rings is 1. The van der Waals surface area contributed by atoms with Crippen LogP contribution in [0.15, 0.2) is 18.6 Å². The van der Waals surface area contributed by atoms with Gasteiger partial charge in [-0.25, -0.2) is 9.97 Å². The molecule has 0 bridgehead atoms. The zero-order valence-corrected chi connectivity index (χ0v) is 10.3. The molecule has 0 aliphatic heterocycles. The SMILES string of the molecule is CC(CC#N)N(C)c1nccc2c1ncn2C. The molecule has 0 aliphatic rings. The number of aryl methyl sites for hydroxylation is 1. The minimum atomic E-state index is 0.125. The molecule has 0 fully saturated rings. The van der Waals surface area contributed by atoms with Crippen molar-refractivity contribution >= 4 is 16.9 Å². The van der Waals surface area contributed by atoms with Gasteiger partial charge in [-0.05, 0) is 13.0 Å². The molecule has 0 saturated heterocycles. The van der Waals surface area contributed by atoms with E-state index in [1.165, 1.54) is 0 Å². The zero-order chi connectivity index (χ0) is 12.4. The van der Waals surface area contributed by atoms with E-state index in [0.29, 0.717) is 6.42 Å². The summed E-state index contributed by atoms with van der Waals surface area (Å²) in [5.74, 6) is 0.825. The molecule has 0 saturated carbocycles. The predicted octanol–water partition coefficient (Wildman–Crippen LogP) is 1.71. The lowest BCUT2D eigenvalue weighted by Crippen LogP contribution is -2.29. The Morgan fingerprint density at radius 1 is 1.53 bits per heavy atom. The molecule has 0 aliphatic carbocycles. The van der Waals surface area contributed by atoms with Crippen LogP contribution in [0.25, 0.3) is 11.0 Å². The molecule has 2 heterocycles. The lowest BCUT2D eigenvalue weighted by atomic mass is 10.2. The Balaban J connectivity index is 2.45. The van der Waals surface area contributed by atoms with Gasteiger partial charge in [0.25, 0.3) is 0 Å². The van der Waals surface area contributed by atoms with Crippen LogP contribution in [0.2, 0.25) is 0 Å². The highest BCUT2D eigenvalue weighted by Crippen LogP contribution is 2.23. The van der Waals surface area contributed by atoms with Crippen molar-refractivity contribution in [2.45, 2.75) is 19.4 Å². The van der Waals surface area contributed by atoms with E-state index in [0.717, 1.165) is 16.9 Å². The van der Waals surface area contributed by atoms with Crippen LogP contribution in [0.3, 0.4) is 0 Å². The molecule has 0 spiro atoms. The van der Waals surface area contributed by atoms with Gasteiger partial charge in [0.15, 0.2) is 5.82 Å². The first-order valence-electron chi connectivity index (χ1n) is 5.51. The molecule has 88 valence electrons. The van der Waals surface area contributed by atoms with E-state index < -0.39 is 0 Å². The minimum Gasteiger partial charge on any atom is -0.354 e. The molecular weight excluding hydrogens is 214 g/mol. The van der Waals surface area contributed by atoms with Gasteiger partial charge in [0.2, 0.25) is 0 Å². The number of fused-ring (bicyclic) bond motifs is 1. The largest absolute Gasteiger partial charge is 0.354 e. The van der Waals surface area contributed by atoms with Gasteiger partial charge in [-0.15, -0.1) is 0 Å². The fourth-order valence-electron chi connectivity index (χ4n) is 1.78. The van der Waals surface area contributed by atoms with Gasteiger partial charge in [0, 0.05) is 26.3 Å². The van der Waals surface area contributed by atoms with E-state index in [-0.39, 0.29) is 6.04 Å². The standard InChI is InChI=1S/C12H15N5/c1-9(4-6-13)17(3)12-11-10(5-7-14-12)16(2)8-15-11/h5,7-9H,4H2,1-3H3. The van der Waals surface area contributed by atoms with Crippen LogP contribution in [0.5, 0.6) is 0 Å². The third-order valence-corrected chi connectivity index (χ3v) is 3.01. The molecule has 0 radical (unpaired) electrons. The predicted molar refractivity (Wildman–Crippen MR) is 66.6 cm³/mol. The second-order valence-corrected chi connectivity index (χ2v) is 4.18. The summed E-state index contributed by atoms with van der Waals surface area (Å²) >= 11 is 0. The van der Waals surface area contributed by atoms with Gasteiger partial charge in [-0.1, -0.05) is 0 Å². The summed E-state index contributed by atoms with van der Waals surface area (Å²) in [6.45, 7) is 2.01. The Labute approximate surface area is 100 Å². The Bertz CT molecular complexity index is 566. The molecule has 2 aromatic rings. The second-order valence-electron chi connectivity index (χ2n) is 4.18. The molecule has 2 aromatic heterocycles. The molecule has 0 aromatic carbocycles. The monoisotopic (exact) mass is 229 g/mol. The zero-order valence-electron chi connectivity index (χ0n) is 10.3. The average Bonchev–Trinajstić information content (AvgIpc) is 2.71. The van der Waals surface area contributed by atoms with Gasteiger partial charge >= 0.3 is 0 Å². The van der Waals surface area contributed by atoms with Crippen molar-refractivity contribution in [2.75, 3.05) is 11.9 Å². The maximum Gasteiger partial charge on any atom is 0.156 e. The van der Waals surface area contributed by atoms with Crippen molar-refractivity contribution in [1.82, 2.24) is 14.5 Å². The van der Waals surface area contributed by atoms with E-state index in [1.54, 1.807) is 12.5 Å². The van der Waals surface area contributed by atoms with Crippen molar-refractivity contribution in [3.05, 3.63) is 18.6 Å². The number of aromatic nitrogens is 3. The van der Waals surface area contributed by atoms with Crippen molar-refractivity contribution in [3.8, 4) is 6.07 Å². The number of anilines is 1. The van der Waals surface area contributed by atoms with Crippen LogP contribution in [0.4, 0.5) is 5.82 Å². The first kappa shape index (κ1) is 11.4. The lowest BCUT2D eigenvalue weighted by Gasteiger charge is -2.24. The molecule has 5 heteroatoms. The molecule has 17 heavy (non-hydrogen) atoms. The third-order valence-electron chi connectivity index (χ3n) is 3.01. The molecule has 0 N–H and O–H groups in total. The van der Waals surface area contributed by atoms with E-state index in [1.807, 2.05) is 36.6 Å². The summed E-state index contributed by atoms with van der Waals surface area (Å²) < 4.78 is 1.96. The maximum absolute atomic E-state index is 8.73. The van der Waals surface area contributed by atoms with E-state index in [4.69, 9.17) is 5.26 Å². The quantitative estimate of drug-likeness (QED) is 0.804. The average molecular weight is 229 g/mol. The van der Waals surface area contributed by atoms with Crippen molar-refractivity contribution in [3.63, 3.8) is 0 Å². The fourth-order valence-corrected chi connectivity index (χ4v) is 1.78. The summed E-state index contributed by atoms with van der Waals surface area (Å²) in [7, 11) is 3.90. The fraction of sp³-hybridized carbons (Fsp3) is 0.417. The molecule has 5 nitrogen and oxygen atoms in total. The Kier molecular flexibility index (Phi) is 2.96. The molecular formula is C12H15N5. The van der Waals surface area contributed by atoms with Gasteiger partial charge < -0.3 is 9.47 Å². The van der Waals surface area contributed by atoms with Crippen LogP contribution in [0, 0.1) is 11.3 Å². The molecule has 0 amide bonds. The number of nitriles is 1. The number of rotatable bonds is 3. The summed E-state index contributed by atoms with van der Waals surface area (Å²) in [6, 6.07) is 4.24. The van der Waals surface area contributed by atoms with Crippen LogP contribution >= 0.6 is 0 Å². The van der Waals surface area contributed by atoms with Crippen molar-refractivity contribution in [1.29, 1.82) is 5.26 Å². The Morgan fingerprint density at radius 3 is 3.00 bits per heavy atom. The first-order valence-corrected chi connectivity index (χ1v) is 5.51. The van der Waals surface area contributed by atoms with Gasteiger partial charge in [-0.3, -0.25) is 0 Å². The number of hydrogen-bond acceptors (Lipinski definition) is 4. The van der Waals surface area contributed by atoms with Gasteiger partial charge in [-0.2, -0.15) is 5.26 Å². The number of hydrogen-bond donors (Lipinski definition) is 0. The summed E-state index contributed by atoms with van der Waals surface area (Å²) in [5, 5.41) is 8.73. The van der Waals surface area contributed by atoms with Crippen LogP contribution in [-0.4, -0.2) is 27.6 Å². The highest BCUT2D eigenvalue weighted by Gasteiger charge is 2.15. The normalized spacial score (nSPS) is 12.4. The second kappa shape index (κ2) is 4.42. The molecule has 1 unspecified atom stereocenters. The van der Waals surface area contributed by atoms with Gasteiger partial charge in [0.1, 0.15) is 5.52 Å². The third kappa shape index (κ3) is 1.94. The summed E-state index contributed by atoms with van der Waals surface area (Å²) in [6.07, 6.45) is 4.02. The summed E-state index contributed by atoms with van der Waals surface area (Å²) in [4.78, 5) is 10.7. The Morgan fingerprint density at radius 2 is 2.29 bits per heavy atom. The highest BCUT2D eigenvalue weighted by atomic mass is 15.2. The topological polar surface area (TPSA) is 57.7 Å². The number of nitrogens with zero attached hydrogens (tertiary/aromatic N) is 5. The van der Waals surface area contributed by atoms with E-state index >= 15 is 0 Å². The van der Waals surface area contributed by atoms with Crippen molar-refractivity contribution in [2.24, 2.45) is 7.05 Å². The highest BCUT2D eigenvalue weighted by molar-refractivity contribution is 5.86. The van der Waals surface area contributed by atoms with Crippen LogP contribution in [0.1, 0.15) is 13.3 Å². The van der Waals surface area contributed by atoms with Crippen LogP contribution < -0.4 is 4.90 Å².